The van der Waals surface area contributed by atoms with Crippen molar-refractivity contribution in [2.45, 2.75) is 48.5 Å². The van der Waals surface area contributed by atoms with Crippen LogP contribution in [0.1, 0.15) is 32.1 Å². The normalized spacial score (nSPS) is 28.4. The highest BCUT2D eigenvalue weighted by molar-refractivity contribution is 8.00. The van der Waals surface area contributed by atoms with Crippen LogP contribution in [0.4, 0.5) is 0 Å². The van der Waals surface area contributed by atoms with Gasteiger partial charge in [-0.05, 0) is 43.5 Å². The molecule has 0 bridgehead atoms. The molecule has 2 unspecified atom stereocenters. The minimum Gasteiger partial charge on any atom is -0.508 e. The quantitative estimate of drug-likeness (QED) is 0.861. The van der Waals surface area contributed by atoms with E-state index in [1.54, 1.807) is 12.1 Å². The summed E-state index contributed by atoms with van der Waals surface area (Å²) in [6.07, 6.45) is 6.23. The molecule has 3 rings (SSSR count). The van der Waals surface area contributed by atoms with Gasteiger partial charge in [0.05, 0.1) is 13.2 Å². The fraction of sp³-hybridized carbons (Fsp3) is 0.625. The van der Waals surface area contributed by atoms with Gasteiger partial charge in [-0.2, -0.15) is 0 Å². The Labute approximate surface area is 124 Å². The average Bonchev–Trinajstić information content (AvgIpc) is 2.89. The molecule has 1 aromatic rings. The van der Waals surface area contributed by atoms with Crippen LogP contribution in [-0.2, 0) is 9.47 Å². The van der Waals surface area contributed by atoms with Crippen LogP contribution in [0.3, 0.4) is 0 Å². The molecule has 20 heavy (non-hydrogen) atoms. The van der Waals surface area contributed by atoms with E-state index in [0.717, 1.165) is 19.6 Å². The summed E-state index contributed by atoms with van der Waals surface area (Å²) in [5.74, 6) is 0.871. The smallest absolute Gasteiger partial charge is 0.160 e. The maximum Gasteiger partial charge on any atom is 0.160 e. The van der Waals surface area contributed by atoms with Gasteiger partial charge in [-0.15, -0.1) is 11.8 Å². The summed E-state index contributed by atoms with van der Waals surface area (Å²) >= 11 is 1.93. The van der Waals surface area contributed by atoms with Crippen molar-refractivity contribution in [3.63, 3.8) is 0 Å². The zero-order valence-electron chi connectivity index (χ0n) is 11.7. The maximum atomic E-state index is 9.35. The summed E-state index contributed by atoms with van der Waals surface area (Å²) in [5, 5.41) is 9.98. The van der Waals surface area contributed by atoms with Crippen LogP contribution in [0.2, 0.25) is 0 Å². The lowest BCUT2D eigenvalue weighted by atomic mass is 10.00. The van der Waals surface area contributed by atoms with Gasteiger partial charge in [0.1, 0.15) is 5.75 Å². The Kier molecular flexibility index (Phi) is 4.86. The lowest BCUT2D eigenvalue weighted by Gasteiger charge is -2.23. The molecule has 1 aromatic carbocycles. The molecule has 1 heterocycles. The van der Waals surface area contributed by atoms with Crippen LogP contribution < -0.4 is 0 Å². The number of hydrogen-bond donors (Lipinski definition) is 1. The first kappa shape index (κ1) is 14.2. The van der Waals surface area contributed by atoms with E-state index in [0.29, 0.717) is 16.9 Å². The monoisotopic (exact) mass is 294 g/mol. The number of hydrogen-bond acceptors (Lipinski definition) is 4. The Morgan fingerprint density at radius 1 is 1.00 bits per heavy atom. The Bertz CT molecular complexity index is 414. The molecule has 0 radical (unpaired) electrons. The number of rotatable bonds is 3. The van der Waals surface area contributed by atoms with Gasteiger partial charge < -0.3 is 14.6 Å². The fourth-order valence-electron chi connectivity index (χ4n) is 3.07. The van der Waals surface area contributed by atoms with Gasteiger partial charge in [0.15, 0.2) is 6.29 Å². The van der Waals surface area contributed by atoms with Gasteiger partial charge in [0.25, 0.3) is 0 Å². The summed E-state index contributed by atoms with van der Waals surface area (Å²) in [5.41, 5.74) is 0. The standard InChI is InChI=1S/C16H22O3S/c17-13-5-7-14(8-6-13)20-15-4-2-1-3-12(11-15)16-18-9-10-19-16/h5-8,12,15-17H,1-4,9-11H2. The molecule has 1 N–H and O–H groups in total. The van der Waals surface area contributed by atoms with E-state index in [4.69, 9.17) is 9.47 Å². The van der Waals surface area contributed by atoms with Crippen LogP contribution in [0, 0.1) is 5.92 Å². The third-order valence-electron chi connectivity index (χ3n) is 4.09. The van der Waals surface area contributed by atoms with E-state index in [-0.39, 0.29) is 6.29 Å². The van der Waals surface area contributed by atoms with E-state index >= 15 is 0 Å². The van der Waals surface area contributed by atoms with E-state index in [9.17, 15) is 5.11 Å². The van der Waals surface area contributed by atoms with Gasteiger partial charge in [0.2, 0.25) is 0 Å². The average molecular weight is 294 g/mol. The maximum absolute atomic E-state index is 9.35. The second-order valence-corrected chi connectivity index (χ2v) is 7.00. The van der Waals surface area contributed by atoms with E-state index < -0.39 is 0 Å². The first-order chi connectivity index (χ1) is 9.81. The number of phenolic OH excluding ortho intramolecular Hbond substituents is 1. The van der Waals surface area contributed by atoms with Gasteiger partial charge in [0, 0.05) is 16.1 Å². The summed E-state index contributed by atoms with van der Waals surface area (Å²) in [7, 11) is 0. The van der Waals surface area contributed by atoms with Crippen LogP contribution in [0.25, 0.3) is 0 Å². The van der Waals surface area contributed by atoms with Crippen LogP contribution in [-0.4, -0.2) is 29.9 Å². The molecule has 1 aliphatic carbocycles. The Balaban J connectivity index is 1.61. The Hall–Kier alpha value is -0.710. The molecule has 2 aliphatic rings. The summed E-state index contributed by atoms with van der Waals surface area (Å²) in [4.78, 5) is 1.24. The van der Waals surface area contributed by atoms with Crippen molar-refractivity contribution in [1.82, 2.24) is 0 Å². The molecule has 0 amide bonds. The van der Waals surface area contributed by atoms with Crippen molar-refractivity contribution in [3.05, 3.63) is 24.3 Å². The molecule has 2 fully saturated rings. The summed E-state index contributed by atoms with van der Waals surface area (Å²) in [6.45, 7) is 1.49. The number of aromatic hydroxyl groups is 1. The topological polar surface area (TPSA) is 38.7 Å². The molecule has 0 spiro atoms. The molecule has 0 aromatic heterocycles. The molecular weight excluding hydrogens is 272 g/mol. The largest absolute Gasteiger partial charge is 0.508 e. The SMILES string of the molecule is Oc1ccc(SC2CCCCC(C3OCCO3)C2)cc1. The fourth-order valence-corrected chi connectivity index (χ4v) is 4.38. The summed E-state index contributed by atoms with van der Waals surface area (Å²) < 4.78 is 11.4. The van der Waals surface area contributed by atoms with E-state index in [1.165, 1.54) is 30.6 Å². The van der Waals surface area contributed by atoms with Gasteiger partial charge >= 0.3 is 0 Å². The Morgan fingerprint density at radius 2 is 1.70 bits per heavy atom. The number of benzene rings is 1. The molecule has 3 nitrogen and oxygen atoms in total. The molecule has 2 atom stereocenters. The molecule has 110 valence electrons. The molecule has 1 aliphatic heterocycles. The number of ether oxygens (including phenoxy) is 2. The van der Waals surface area contributed by atoms with Crippen molar-refractivity contribution in [2.24, 2.45) is 5.92 Å². The molecular formula is C16H22O3S. The lowest BCUT2D eigenvalue weighted by Crippen LogP contribution is -2.23. The molecule has 4 heteroatoms. The first-order valence-corrected chi connectivity index (χ1v) is 8.38. The van der Waals surface area contributed by atoms with Gasteiger partial charge in [-0.1, -0.05) is 12.8 Å². The van der Waals surface area contributed by atoms with E-state index in [1.807, 2.05) is 23.9 Å². The van der Waals surface area contributed by atoms with Crippen molar-refractivity contribution in [3.8, 4) is 5.75 Å². The third kappa shape index (κ3) is 3.68. The number of thioether (sulfide) groups is 1. The predicted octanol–water partition coefficient (Wildman–Crippen LogP) is 3.81. The minimum atomic E-state index is 0.0241. The predicted molar refractivity (Wildman–Crippen MR) is 80.0 cm³/mol. The Morgan fingerprint density at radius 3 is 2.45 bits per heavy atom. The van der Waals surface area contributed by atoms with Crippen LogP contribution in [0.5, 0.6) is 5.75 Å². The third-order valence-corrected chi connectivity index (χ3v) is 5.39. The second kappa shape index (κ2) is 6.83. The minimum absolute atomic E-state index is 0.0241. The number of phenols is 1. The van der Waals surface area contributed by atoms with Crippen LogP contribution in [0.15, 0.2) is 29.2 Å². The summed E-state index contributed by atoms with van der Waals surface area (Å²) in [6, 6.07) is 7.53. The van der Waals surface area contributed by atoms with Crippen molar-refractivity contribution < 1.29 is 14.6 Å². The molecule has 1 saturated heterocycles. The molecule has 1 saturated carbocycles. The van der Waals surface area contributed by atoms with Crippen molar-refractivity contribution in [1.29, 1.82) is 0 Å². The first-order valence-electron chi connectivity index (χ1n) is 7.50. The van der Waals surface area contributed by atoms with Crippen LogP contribution >= 0.6 is 11.8 Å². The highest BCUT2D eigenvalue weighted by Crippen LogP contribution is 2.38. The highest BCUT2D eigenvalue weighted by Gasteiger charge is 2.31. The lowest BCUT2D eigenvalue weighted by molar-refractivity contribution is -0.0866. The van der Waals surface area contributed by atoms with Gasteiger partial charge in [-0.25, -0.2) is 0 Å². The van der Waals surface area contributed by atoms with Crippen molar-refractivity contribution in [2.75, 3.05) is 13.2 Å². The zero-order chi connectivity index (χ0) is 13.8. The van der Waals surface area contributed by atoms with E-state index in [2.05, 4.69) is 0 Å². The zero-order valence-corrected chi connectivity index (χ0v) is 12.5. The van der Waals surface area contributed by atoms with Gasteiger partial charge in [-0.3, -0.25) is 0 Å². The highest BCUT2D eigenvalue weighted by atomic mass is 32.2. The second-order valence-electron chi connectivity index (χ2n) is 5.62. The van der Waals surface area contributed by atoms with Crippen molar-refractivity contribution >= 4 is 11.8 Å².